The molecule has 20 heavy (non-hydrogen) atoms. The van der Waals surface area contributed by atoms with E-state index in [0.717, 1.165) is 6.54 Å². The number of hydrogen-bond donors (Lipinski definition) is 2. The van der Waals surface area contributed by atoms with Crippen LogP contribution in [0.1, 0.15) is 26.3 Å². The number of nitrogens with one attached hydrogen (secondary N) is 2. The molecule has 1 aliphatic heterocycles. The minimum absolute atomic E-state index is 0.174. The summed E-state index contributed by atoms with van der Waals surface area (Å²) in [6, 6.07) is 0. The van der Waals surface area contributed by atoms with Crippen molar-refractivity contribution < 1.29 is 13.2 Å². The van der Waals surface area contributed by atoms with Gasteiger partial charge in [-0.05, 0) is 20.4 Å². The number of rotatable bonds is 5. The van der Waals surface area contributed by atoms with Crippen LogP contribution in [0.15, 0.2) is 11.2 Å². The van der Waals surface area contributed by atoms with Crippen LogP contribution in [0.2, 0.25) is 0 Å². The van der Waals surface area contributed by atoms with E-state index in [0.29, 0.717) is 31.9 Å². The Morgan fingerprint density at radius 1 is 1.55 bits per heavy atom. The lowest BCUT2D eigenvalue weighted by atomic mass is 10.1. The predicted octanol–water partition coefficient (Wildman–Crippen LogP) is 0.319. The summed E-state index contributed by atoms with van der Waals surface area (Å²) in [5.74, 6) is 0. The Hall–Kier alpha value is -0.960. The molecule has 0 bridgehead atoms. The van der Waals surface area contributed by atoms with E-state index in [2.05, 4.69) is 15.5 Å². The first-order chi connectivity index (χ1) is 9.39. The Morgan fingerprint density at radius 2 is 2.30 bits per heavy atom. The van der Waals surface area contributed by atoms with E-state index in [9.17, 15) is 8.42 Å². The van der Waals surface area contributed by atoms with Gasteiger partial charge in [0.25, 0.3) is 10.0 Å². The highest BCUT2D eigenvalue weighted by Gasteiger charge is 2.41. The van der Waals surface area contributed by atoms with Gasteiger partial charge in [-0.15, -0.1) is 0 Å². The molecule has 1 aliphatic rings. The number of nitrogens with zero attached hydrogens (tertiary/aromatic N) is 2. The highest BCUT2D eigenvalue weighted by Crippen LogP contribution is 2.27. The molecule has 2 rings (SSSR count). The van der Waals surface area contributed by atoms with Crippen LogP contribution in [0.4, 0.5) is 0 Å². The number of morpholine rings is 1. The SMILES string of the molecule is CCNCc1cn[nH]c1S(=O)(=O)N1CCOCC1(C)C. The van der Waals surface area contributed by atoms with Crippen LogP contribution in [-0.2, 0) is 21.3 Å². The van der Waals surface area contributed by atoms with Gasteiger partial charge in [-0.25, -0.2) is 8.42 Å². The Bertz CT molecular complexity index is 553. The van der Waals surface area contributed by atoms with Crippen molar-refractivity contribution in [1.82, 2.24) is 19.8 Å². The third-order valence-electron chi connectivity index (χ3n) is 3.36. The molecule has 0 saturated carbocycles. The molecule has 0 radical (unpaired) electrons. The molecule has 1 saturated heterocycles. The van der Waals surface area contributed by atoms with E-state index >= 15 is 0 Å². The third kappa shape index (κ3) is 2.88. The lowest BCUT2D eigenvalue weighted by Crippen LogP contribution is -2.55. The standard InChI is InChI=1S/C12H22N4O3S/c1-4-13-7-10-8-14-15-11(10)20(17,18)16-5-6-19-9-12(16,2)3/h8,13H,4-7,9H2,1-3H3,(H,14,15). The van der Waals surface area contributed by atoms with Crippen LogP contribution in [0.3, 0.4) is 0 Å². The Morgan fingerprint density at radius 3 is 2.95 bits per heavy atom. The average molecular weight is 302 g/mol. The van der Waals surface area contributed by atoms with Crippen LogP contribution in [-0.4, -0.2) is 54.8 Å². The Kier molecular flexibility index (Phi) is 4.48. The fourth-order valence-electron chi connectivity index (χ4n) is 2.31. The van der Waals surface area contributed by atoms with Gasteiger partial charge in [0, 0.05) is 18.7 Å². The quantitative estimate of drug-likeness (QED) is 0.818. The van der Waals surface area contributed by atoms with Gasteiger partial charge in [-0.3, -0.25) is 5.10 Å². The maximum Gasteiger partial charge on any atom is 0.260 e. The van der Waals surface area contributed by atoms with Gasteiger partial charge in [0.1, 0.15) is 0 Å². The number of ether oxygens (including phenoxy) is 1. The fourth-order valence-corrected chi connectivity index (χ4v) is 4.17. The zero-order valence-corrected chi connectivity index (χ0v) is 13.0. The third-order valence-corrected chi connectivity index (χ3v) is 5.49. The average Bonchev–Trinajstić information content (AvgIpc) is 2.84. The van der Waals surface area contributed by atoms with Gasteiger partial charge in [-0.1, -0.05) is 6.92 Å². The van der Waals surface area contributed by atoms with Gasteiger partial charge >= 0.3 is 0 Å². The van der Waals surface area contributed by atoms with Crippen LogP contribution in [0, 0.1) is 0 Å². The van der Waals surface area contributed by atoms with Crippen molar-refractivity contribution in [3.8, 4) is 0 Å². The van der Waals surface area contributed by atoms with E-state index in [1.54, 1.807) is 6.20 Å². The molecule has 0 amide bonds. The molecule has 0 unspecified atom stereocenters. The minimum Gasteiger partial charge on any atom is -0.378 e. The molecular weight excluding hydrogens is 280 g/mol. The second kappa shape index (κ2) is 5.80. The first-order valence-electron chi connectivity index (χ1n) is 6.73. The van der Waals surface area contributed by atoms with Crippen molar-refractivity contribution in [1.29, 1.82) is 0 Å². The second-order valence-electron chi connectivity index (χ2n) is 5.45. The summed E-state index contributed by atoms with van der Waals surface area (Å²) in [5.41, 5.74) is 0.103. The second-order valence-corrected chi connectivity index (χ2v) is 7.25. The monoisotopic (exact) mass is 302 g/mol. The van der Waals surface area contributed by atoms with E-state index in [4.69, 9.17) is 4.74 Å². The number of sulfonamides is 1. The first-order valence-corrected chi connectivity index (χ1v) is 8.17. The summed E-state index contributed by atoms with van der Waals surface area (Å²) in [7, 11) is -3.59. The molecule has 7 nitrogen and oxygen atoms in total. The lowest BCUT2D eigenvalue weighted by molar-refractivity contribution is -0.00784. The molecule has 2 N–H and O–H groups in total. The summed E-state index contributed by atoms with van der Waals surface area (Å²) >= 11 is 0. The molecule has 2 heterocycles. The highest BCUT2D eigenvalue weighted by atomic mass is 32.2. The van der Waals surface area contributed by atoms with Crippen molar-refractivity contribution in [2.45, 2.75) is 37.9 Å². The molecule has 114 valence electrons. The summed E-state index contributed by atoms with van der Waals surface area (Å²) in [6.07, 6.45) is 1.56. The van der Waals surface area contributed by atoms with Crippen LogP contribution < -0.4 is 5.32 Å². The maximum atomic E-state index is 12.8. The van der Waals surface area contributed by atoms with E-state index in [1.807, 2.05) is 20.8 Å². The van der Waals surface area contributed by atoms with Crippen LogP contribution in [0.5, 0.6) is 0 Å². The summed E-state index contributed by atoms with van der Waals surface area (Å²) in [6.45, 7) is 8.12. The smallest absolute Gasteiger partial charge is 0.260 e. The number of aromatic amines is 1. The lowest BCUT2D eigenvalue weighted by Gasteiger charge is -2.40. The number of hydrogen-bond acceptors (Lipinski definition) is 5. The molecule has 8 heteroatoms. The van der Waals surface area contributed by atoms with Gasteiger partial charge < -0.3 is 10.1 Å². The molecule has 1 aromatic rings. The maximum absolute atomic E-state index is 12.8. The zero-order chi connectivity index (χ0) is 14.8. The molecule has 0 aliphatic carbocycles. The first kappa shape index (κ1) is 15.4. The predicted molar refractivity (Wildman–Crippen MR) is 74.8 cm³/mol. The van der Waals surface area contributed by atoms with Crippen LogP contribution >= 0.6 is 0 Å². The molecule has 0 aromatic carbocycles. The molecule has 0 spiro atoms. The molecule has 1 fully saturated rings. The Labute approximate surface area is 119 Å². The van der Waals surface area contributed by atoms with Crippen LogP contribution in [0.25, 0.3) is 0 Å². The van der Waals surface area contributed by atoms with Crippen molar-refractivity contribution in [3.05, 3.63) is 11.8 Å². The summed E-state index contributed by atoms with van der Waals surface area (Å²) < 4.78 is 32.5. The summed E-state index contributed by atoms with van der Waals surface area (Å²) in [5, 5.41) is 9.81. The van der Waals surface area contributed by atoms with Gasteiger partial charge in [-0.2, -0.15) is 9.40 Å². The number of H-pyrrole nitrogens is 1. The molecular formula is C12H22N4O3S. The van der Waals surface area contributed by atoms with E-state index in [-0.39, 0.29) is 5.03 Å². The normalized spacial score (nSPS) is 20.1. The van der Waals surface area contributed by atoms with Crippen molar-refractivity contribution in [2.75, 3.05) is 26.3 Å². The van der Waals surface area contributed by atoms with Crippen molar-refractivity contribution >= 4 is 10.0 Å². The van der Waals surface area contributed by atoms with Gasteiger partial charge in [0.2, 0.25) is 0 Å². The van der Waals surface area contributed by atoms with Crippen molar-refractivity contribution in [3.63, 3.8) is 0 Å². The van der Waals surface area contributed by atoms with Gasteiger partial charge in [0.05, 0.1) is 24.9 Å². The summed E-state index contributed by atoms with van der Waals surface area (Å²) in [4.78, 5) is 0. The van der Waals surface area contributed by atoms with E-state index < -0.39 is 15.6 Å². The highest BCUT2D eigenvalue weighted by molar-refractivity contribution is 7.89. The molecule has 0 atom stereocenters. The minimum atomic E-state index is -3.59. The molecule has 1 aromatic heterocycles. The van der Waals surface area contributed by atoms with Crippen molar-refractivity contribution in [2.24, 2.45) is 0 Å². The topological polar surface area (TPSA) is 87.3 Å². The Balaban J connectivity index is 2.32. The zero-order valence-electron chi connectivity index (χ0n) is 12.1. The fraction of sp³-hybridized carbons (Fsp3) is 0.750. The van der Waals surface area contributed by atoms with Gasteiger partial charge in [0.15, 0.2) is 5.03 Å². The number of aromatic nitrogens is 2. The largest absolute Gasteiger partial charge is 0.378 e. The van der Waals surface area contributed by atoms with E-state index in [1.165, 1.54) is 4.31 Å².